The van der Waals surface area contributed by atoms with Crippen LogP contribution in [-0.4, -0.2) is 61.6 Å². The van der Waals surface area contributed by atoms with Gasteiger partial charge in [-0.2, -0.15) is 0 Å². The van der Waals surface area contributed by atoms with Crippen molar-refractivity contribution in [2.75, 3.05) is 37.3 Å². The smallest absolute Gasteiger partial charge is 0.222 e. The zero-order valence-corrected chi connectivity index (χ0v) is 17.7. The van der Waals surface area contributed by atoms with Gasteiger partial charge in [0.2, 0.25) is 5.91 Å². The lowest BCUT2D eigenvalue weighted by Gasteiger charge is -2.36. The largest absolute Gasteiger partial charge is 0.352 e. The van der Waals surface area contributed by atoms with Crippen molar-refractivity contribution >= 4 is 32.5 Å². The fourth-order valence-corrected chi connectivity index (χ4v) is 5.09. The van der Waals surface area contributed by atoms with Crippen molar-refractivity contribution in [1.82, 2.24) is 14.9 Å². The highest BCUT2D eigenvalue weighted by molar-refractivity contribution is 7.90. The van der Waals surface area contributed by atoms with E-state index in [0.29, 0.717) is 38.5 Å². The number of rotatable bonds is 4. The second-order valence-electron chi connectivity index (χ2n) is 8.22. The highest BCUT2D eigenvalue weighted by Crippen LogP contribution is 2.28. The molecule has 1 aliphatic carbocycles. The van der Waals surface area contributed by atoms with Crippen LogP contribution in [0.15, 0.2) is 29.4 Å². The molecule has 8 heteroatoms. The molecule has 1 amide bonds. The first kappa shape index (κ1) is 20.1. The van der Waals surface area contributed by atoms with Gasteiger partial charge in [0.1, 0.15) is 12.1 Å². The quantitative estimate of drug-likeness (QED) is 0.762. The fourth-order valence-electron chi connectivity index (χ4n) is 4.44. The SMILES string of the molecule is CS(=O)(=O)c1ccc2ncnc(N3CCN(C(=O)CC4CCCCC4)CC3)c2c1. The first-order valence-electron chi connectivity index (χ1n) is 10.4. The van der Waals surface area contributed by atoms with Crippen molar-refractivity contribution < 1.29 is 13.2 Å². The summed E-state index contributed by atoms with van der Waals surface area (Å²) in [7, 11) is -3.30. The van der Waals surface area contributed by atoms with Gasteiger partial charge in [0.15, 0.2) is 9.84 Å². The molecule has 7 nitrogen and oxygen atoms in total. The molecule has 29 heavy (non-hydrogen) atoms. The monoisotopic (exact) mass is 416 g/mol. The number of anilines is 1. The van der Waals surface area contributed by atoms with Crippen LogP contribution >= 0.6 is 0 Å². The molecule has 1 saturated carbocycles. The van der Waals surface area contributed by atoms with Crippen LogP contribution in [0.1, 0.15) is 38.5 Å². The van der Waals surface area contributed by atoms with Crippen LogP contribution in [0.25, 0.3) is 10.9 Å². The lowest BCUT2D eigenvalue weighted by Crippen LogP contribution is -2.49. The van der Waals surface area contributed by atoms with Gasteiger partial charge in [-0.05, 0) is 37.0 Å². The Kier molecular flexibility index (Phi) is 5.72. The molecule has 156 valence electrons. The number of amides is 1. The van der Waals surface area contributed by atoms with Gasteiger partial charge in [0.05, 0.1) is 10.4 Å². The summed E-state index contributed by atoms with van der Waals surface area (Å²) >= 11 is 0. The Hall–Kier alpha value is -2.22. The van der Waals surface area contributed by atoms with E-state index in [-0.39, 0.29) is 10.8 Å². The van der Waals surface area contributed by atoms with E-state index in [2.05, 4.69) is 14.9 Å². The maximum atomic E-state index is 12.7. The third-order valence-electron chi connectivity index (χ3n) is 6.13. The molecule has 1 aliphatic heterocycles. The predicted molar refractivity (Wildman–Crippen MR) is 113 cm³/mol. The lowest BCUT2D eigenvalue weighted by atomic mass is 9.86. The normalized spacial score (nSPS) is 18.9. The number of hydrogen-bond acceptors (Lipinski definition) is 6. The van der Waals surface area contributed by atoms with E-state index >= 15 is 0 Å². The lowest BCUT2D eigenvalue weighted by molar-refractivity contribution is -0.132. The Bertz CT molecular complexity index is 994. The molecule has 2 fully saturated rings. The van der Waals surface area contributed by atoms with Crippen LogP contribution in [0.4, 0.5) is 5.82 Å². The van der Waals surface area contributed by atoms with Crippen LogP contribution in [0, 0.1) is 5.92 Å². The van der Waals surface area contributed by atoms with E-state index in [1.807, 2.05) is 4.90 Å². The van der Waals surface area contributed by atoms with Gasteiger partial charge < -0.3 is 9.80 Å². The van der Waals surface area contributed by atoms with E-state index in [0.717, 1.165) is 16.7 Å². The van der Waals surface area contributed by atoms with Crippen molar-refractivity contribution in [3.8, 4) is 0 Å². The molecule has 2 aromatic rings. The molecule has 0 unspecified atom stereocenters. The number of carbonyl (C=O) groups excluding carboxylic acids is 1. The minimum absolute atomic E-state index is 0.266. The van der Waals surface area contributed by atoms with Crippen LogP contribution in [0.2, 0.25) is 0 Å². The Balaban J connectivity index is 1.46. The zero-order valence-electron chi connectivity index (χ0n) is 16.9. The zero-order chi connectivity index (χ0) is 20.4. The van der Waals surface area contributed by atoms with Gasteiger partial charge in [-0.15, -0.1) is 0 Å². The molecule has 2 aliphatic rings. The van der Waals surface area contributed by atoms with E-state index in [9.17, 15) is 13.2 Å². The van der Waals surface area contributed by atoms with Crippen molar-refractivity contribution in [2.24, 2.45) is 5.92 Å². The third-order valence-corrected chi connectivity index (χ3v) is 7.24. The van der Waals surface area contributed by atoms with Crippen molar-refractivity contribution in [2.45, 2.75) is 43.4 Å². The molecule has 4 rings (SSSR count). The number of carbonyl (C=O) groups is 1. The van der Waals surface area contributed by atoms with Gasteiger partial charge >= 0.3 is 0 Å². The molecule has 0 bridgehead atoms. The highest BCUT2D eigenvalue weighted by atomic mass is 32.2. The van der Waals surface area contributed by atoms with Crippen LogP contribution in [0.3, 0.4) is 0 Å². The number of hydrogen-bond donors (Lipinski definition) is 0. The molecule has 0 radical (unpaired) electrons. The fraction of sp³-hybridized carbons (Fsp3) is 0.571. The molecule has 0 N–H and O–H groups in total. The Morgan fingerprint density at radius 3 is 2.48 bits per heavy atom. The number of sulfone groups is 1. The van der Waals surface area contributed by atoms with E-state index in [1.54, 1.807) is 18.2 Å². The first-order chi connectivity index (χ1) is 13.9. The molecule has 1 aromatic carbocycles. The van der Waals surface area contributed by atoms with Crippen LogP contribution in [-0.2, 0) is 14.6 Å². The number of nitrogens with zero attached hydrogens (tertiary/aromatic N) is 4. The van der Waals surface area contributed by atoms with E-state index in [4.69, 9.17) is 0 Å². The Morgan fingerprint density at radius 1 is 1.07 bits per heavy atom. The third kappa shape index (κ3) is 4.52. The number of piperazine rings is 1. The summed E-state index contributed by atoms with van der Waals surface area (Å²) < 4.78 is 23.9. The number of fused-ring (bicyclic) bond motifs is 1. The average molecular weight is 417 g/mol. The van der Waals surface area contributed by atoms with Crippen molar-refractivity contribution in [1.29, 1.82) is 0 Å². The molecular weight excluding hydrogens is 388 g/mol. The van der Waals surface area contributed by atoms with Crippen molar-refractivity contribution in [3.05, 3.63) is 24.5 Å². The number of aromatic nitrogens is 2. The predicted octanol–water partition coefficient (Wildman–Crippen LogP) is 2.65. The first-order valence-corrected chi connectivity index (χ1v) is 12.3. The van der Waals surface area contributed by atoms with E-state index < -0.39 is 9.84 Å². The van der Waals surface area contributed by atoms with Crippen LogP contribution < -0.4 is 4.90 Å². The molecule has 0 spiro atoms. The summed E-state index contributed by atoms with van der Waals surface area (Å²) in [5.74, 6) is 1.55. The van der Waals surface area contributed by atoms with Gasteiger partial charge in [-0.25, -0.2) is 18.4 Å². The molecule has 1 aromatic heterocycles. The topological polar surface area (TPSA) is 83.5 Å². The van der Waals surface area contributed by atoms with Crippen molar-refractivity contribution in [3.63, 3.8) is 0 Å². The van der Waals surface area contributed by atoms with Gasteiger partial charge in [0, 0.05) is 44.2 Å². The van der Waals surface area contributed by atoms with E-state index in [1.165, 1.54) is 44.7 Å². The summed E-state index contributed by atoms with van der Waals surface area (Å²) in [6, 6.07) is 4.96. The molecular formula is C21H28N4O3S. The average Bonchev–Trinajstić information content (AvgIpc) is 2.73. The molecule has 1 saturated heterocycles. The summed E-state index contributed by atoms with van der Waals surface area (Å²) in [5.41, 5.74) is 0.721. The second-order valence-corrected chi connectivity index (χ2v) is 10.2. The standard InChI is InChI=1S/C21H28N4O3S/c1-29(27,28)17-7-8-19-18(14-17)21(23-15-22-19)25-11-9-24(10-12-25)20(26)13-16-5-3-2-4-6-16/h7-8,14-16H,2-6,9-13H2,1H3. The van der Waals surface area contributed by atoms with Gasteiger partial charge in [-0.1, -0.05) is 19.3 Å². The maximum Gasteiger partial charge on any atom is 0.222 e. The number of benzene rings is 1. The minimum atomic E-state index is -3.30. The van der Waals surface area contributed by atoms with Crippen LogP contribution in [0.5, 0.6) is 0 Å². The summed E-state index contributed by atoms with van der Waals surface area (Å²) in [6.07, 6.45) is 9.56. The summed E-state index contributed by atoms with van der Waals surface area (Å²) in [5, 5.41) is 0.734. The van der Waals surface area contributed by atoms with Gasteiger partial charge in [0.25, 0.3) is 0 Å². The van der Waals surface area contributed by atoms with Gasteiger partial charge in [-0.3, -0.25) is 4.79 Å². The molecule has 0 atom stereocenters. The Labute approximate surface area is 172 Å². The highest BCUT2D eigenvalue weighted by Gasteiger charge is 2.26. The maximum absolute atomic E-state index is 12.7. The second kappa shape index (κ2) is 8.26. The Morgan fingerprint density at radius 2 is 1.79 bits per heavy atom. The summed E-state index contributed by atoms with van der Waals surface area (Å²) in [6.45, 7) is 2.71. The minimum Gasteiger partial charge on any atom is -0.352 e. The summed E-state index contributed by atoms with van der Waals surface area (Å²) in [4.78, 5) is 25.8. The molecule has 2 heterocycles.